The van der Waals surface area contributed by atoms with Gasteiger partial charge in [-0.25, -0.2) is 4.79 Å². The number of carbonyl (C=O) groups is 5. The number of nitrogens with one attached hydrogen (secondary N) is 2. The highest BCUT2D eigenvalue weighted by molar-refractivity contribution is 5.90. The predicted molar refractivity (Wildman–Crippen MR) is 187 cm³/mol. The van der Waals surface area contributed by atoms with E-state index in [9.17, 15) is 29.1 Å². The first-order valence-electron chi connectivity index (χ1n) is 17.1. The van der Waals surface area contributed by atoms with E-state index in [1.54, 1.807) is 56.6 Å². The Hall–Kier alpha value is -3.55. The van der Waals surface area contributed by atoms with Crippen LogP contribution < -0.4 is 10.6 Å². The first kappa shape index (κ1) is 41.6. The van der Waals surface area contributed by atoms with Crippen LogP contribution in [0.2, 0.25) is 0 Å². The van der Waals surface area contributed by atoms with Crippen LogP contribution >= 0.6 is 0 Å². The molecule has 7 atom stereocenters. The Kier molecular flexibility index (Phi) is 16.1. The minimum Gasteiger partial charge on any atom is -0.480 e. The Morgan fingerprint density at radius 2 is 1.67 bits per heavy atom. The maximum absolute atomic E-state index is 14.0. The molecule has 49 heavy (non-hydrogen) atoms. The Balaban J connectivity index is 2.17. The van der Waals surface area contributed by atoms with Gasteiger partial charge in [-0.3, -0.25) is 24.1 Å². The molecule has 1 aromatic carbocycles. The average Bonchev–Trinajstić information content (AvgIpc) is 3.56. The highest BCUT2D eigenvalue weighted by atomic mass is 16.5. The van der Waals surface area contributed by atoms with Gasteiger partial charge in [-0.15, -0.1) is 0 Å². The molecule has 276 valence electrons. The van der Waals surface area contributed by atoms with Gasteiger partial charge in [-0.1, -0.05) is 57.5 Å². The third-order valence-corrected chi connectivity index (χ3v) is 10.3. The fraction of sp³-hybridized carbons (Fsp3) is 0.694. The van der Waals surface area contributed by atoms with Gasteiger partial charge in [-0.05, 0) is 52.3 Å². The standard InChI is InChI=1S/C36H59N5O8/c1-11-23(2)31(40(8)30(43)22-37-35(47)36(4,5)39(6)7)28(48-9)21-29(42)41-19-15-18-27(41)32(49-10)24(3)33(44)38-26(34(45)46)20-25-16-13-12-14-17-25/h12-14,16-17,23-24,26-28,31-32H,11,15,18-22H2,1-10H3,(H,37,47)(H,38,44)(H,45,46)/t23?,24-,26+,27+,28?,31+,32-/m1/s1. The third-order valence-electron chi connectivity index (χ3n) is 10.3. The van der Waals surface area contributed by atoms with Crippen LogP contribution in [-0.4, -0.2) is 134 Å². The molecule has 1 aromatic rings. The highest BCUT2D eigenvalue weighted by Gasteiger charge is 2.42. The zero-order valence-electron chi connectivity index (χ0n) is 31.0. The van der Waals surface area contributed by atoms with E-state index in [-0.39, 0.29) is 43.0 Å². The summed E-state index contributed by atoms with van der Waals surface area (Å²) in [7, 11) is 8.27. The number of hydrogen-bond donors (Lipinski definition) is 3. The van der Waals surface area contributed by atoms with E-state index < -0.39 is 53.7 Å². The number of carboxylic acids is 1. The van der Waals surface area contributed by atoms with E-state index in [2.05, 4.69) is 10.6 Å². The van der Waals surface area contributed by atoms with Crippen molar-refractivity contribution < 1.29 is 38.6 Å². The molecule has 1 saturated heterocycles. The lowest BCUT2D eigenvalue weighted by molar-refractivity contribution is -0.147. The number of likely N-dealkylation sites (N-methyl/N-ethyl adjacent to an activating group) is 2. The number of benzene rings is 1. The second-order valence-electron chi connectivity index (χ2n) is 13.9. The molecule has 2 rings (SSSR count). The lowest BCUT2D eigenvalue weighted by Gasteiger charge is -2.39. The van der Waals surface area contributed by atoms with Crippen molar-refractivity contribution in [1.29, 1.82) is 0 Å². The van der Waals surface area contributed by atoms with E-state index >= 15 is 0 Å². The number of nitrogens with zero attached hydrogens (tertiary/aromatic N) is 3. The molecule has 1 aliphatic heterocycles. The van der Waals surface area contributed by atoms with Crippen molar-refractivity contribution in [1.82, 2.24) is 25.3 Å². The molecule has 0 radical (unpaired) electrons. The Bertz CT molecular complexity index is 1260. The van der Waals surface area contributed by atoms with Crippen molar-refractivity contribution in [3.63, 3.8) is 0 Å². The first-order chi connectivity index (χ1) is 23.0. The third kappa shape index (κ3) is 11.0. The maximum Gasteiger partial charge on any atom is 0.326 e. The Morgan fingerprint density at radius 3 is 2.20 bits per heavy atom. The maximum atomic E-state index is 14.0. The SMILES string of the molecule is CCC(C)[C@@H](C(CC(=O)N1CCC[C@H]1[C@H](OC)[C@@H](C)C(=O)N[C@@H](Cc1ccccc1)C(=O)O)OC)N(C)C(=O)CNC(=O)C(C)(C)N(C)C. The van der Waals surface area contributed by atoms with Crippen molar-refractivity contribution in [3.05, 3.63) is 35.9 Å². The van der Waals surface area contributed by atoms with Crippen LogP contribution in [0.1, 0.15) is 65.9 Å². The van der Waals surface area contributed by atoms with Gasteiger partial charge in [0, 0.05) is 34.2 Å². The second-order valence-corrected chi connectivity index (χ2v) is 13.9. The zero-order chi connectivity index (χ0) is 37.1. The quantitative estimate of drug-likeness (QED) is 0.198. The van der Waals surface area contributed by atoms with Crippen LogP contribution in [0.4, 0.5) is 0 Å². The van der Waals surface area contributed by atoms with E-state index in [1.165, 1.54) is 14.2 Å². The van der Waals surface area contributed by atoms with Crippen LogP contribution in [-0.2, 0) is 39.9 Å². The van der Waals surface area contributed by atoms with Crippen molar-refractivity contribution in [2.75, 3.05) is 48.5 Å². The summed E-state index contributed by atoms with van der Waals surface area (Å²) in [5.41, 5.74) is -0.0198. The second kappa shape index (κ2) is 19.0. The van der Waals surface area contributed by atoms with Crippen molar-refractivity contribution in [3.8, 4) is 0 Å². The van der Waals surface area contributed by atoms with Crippen molar-refractivity contribution in [2.24, 2.45) is 11.8 Å². The van der Waals surface area contributed by atoms with Crippen LogP contribution in [0.3, 0.4) is 0 Å². The lowest BCUT2D eigenvalue weighted by atomic mass is 9.90. The summed E-state index contributed by atoms with van der Waals surface area (Å²) in [4.78, 5) is 70.6. The minimum absolute atomic E-state index is 0.00514. The molecule has 4 amide bonds. The molecule has 3 N–H and O–H groups in total. The number of likely N-dealkylation sites (tertiary alicyclic amines) is 1. The summed E-state index contributed by atoms with van der Waals surface area (Å²) in [6.45, 7) is 9.51. The summed E-state index contributed by atoms with van der Waals surface area (Å²) in [6, 6.07) is 7.10. The highest BCUT2D eigenvalue weighted by Crippen LogP contribution is 2.29. The number of carbonyl (C=O) groups excluding carboxylic acids is 4. The van der Waals surface area contributed by atoms with E-state index in [4.69, 9.17) is 9.47 Å². The number of rotatable bonds is 19. The van der Waals surface area contributed by atoms with Gasteiger partial charge in [0.2, 0.25) is 23.6 Å². The molecule has 1 aliphatic rings. The monoisotopic (exact) mass is 689 g/mol. The van der Waals surface area contributed by atoms with Gasteiger partial charge in [-0.2, -0.15) is 0 Å². The molecule has 13 heteroatoms. The smallest absolute Gasteiger partial charge is 0.326 e. The zero-order valence-corrected chi connectivity index (χ0v) is 31.0. The van der Waals surface area contributed by atoms with Crippen LogP contribution in [0.25, 0.3) is 0 Å². The summed E-state index contributed by atoms with van der Waals surface area (Å²) in [5.74, 6) is -3.14. The van der Waals surface area contributed by atoms with Gasteiger partial charge in [0.15, 0.2) is 0 Å². The minimum atomic E-state index is -1.14. The van der Waals surface area contributed by atoms with Gasteiger partial charge in [0.05, 0.1) is 48.7 Å². The first-order valence-corrected chi connectivity index (χ1v) is 17.1. The molecule has 13 nitrogen and oxygen atoms in total. The largest absolute Gasteiger partial charge is 0.480 e. The molecular weight excluding hydrogens is 630 g/mol. The van der Waals surface area contributed by atoms with E-state index in [1.807, 2.05) is 44.2 Å². The van der Waals surface area contributed by atoms with E-state index in [0.717, 1.165) is 12.0 Å². The number of ether oxygens (including phenoxy) is 2. The van der Waals surface area contributed by atoms with Gasteiger partial charge in [0.25, 0.3) is 0 Å². The average molecular weight is 690 g/mol. The number of carboxylic acid groups (broad SMARTS) is 1. The van der Waals surface area contributed by atoms with Crippen LogP contribution in [0, 0.1) is 11.8 Å². The lowest BCUT2D eigenvalue weighted by Crippen LogP contribution is -2.56. The predicted octanol–water partition coefficient (Wildman–Crippen LogP) is 2.18. The normalized spacial score (nSPS) is 18.6. The Morgan fingerprint density at radius 1 is 1.04 bits per heavy atom. The van der Waals surface area contributed by atoms with E-state index in [0.29, 0.717) is 19.4 Å². The number of amides is 4. The van der Waals surface area contributed by atoms with Gasteiger partial charge < -0.3 is 35.0 Å². The van der Waals surface area contributed by atoms with Crippen molar-refractivity contribution >= 4 is 29.6 Å². The number of hydrogen-bond acceptors (Lipinski definition) is 8. The number of aliphatic carboxylic acids is 1. The fourth-order valence-corrected chi connectivity index (χ4v) is 6.38. The Labute approximate surface area is 292 Å². The molecule has 0 aliphatic carbocycles. The van der Waals surface area contributed by atoms with Gasteiger partial charge >= 0.3 is 5.97 Å². The topological polar surface area (TPSA) is 158 Å². The molecule has 1 fully saturated rings. The fourth-order valence-electron chi connectivity index (χ4n) is 6.38. The molecular formula is C36H59N5O8. The molecule has 0 aromatic heterocycles. The summed E-state index contributed by atoms with van der Waals surface area (Å²) < 4.78 is 11.7. The van der Waals surface area contributed by atoms with Gasteiger partial charge in [0.1, 0.15) is 6.04 Å². The summed E-state index contributed by atoms with van der Waals surface area (Å²) in [5, 5.41) is 15.2. The van der Waals surface area contributed by atoms with Crippen molar-refractivity contribution in [2.45, 2.75) is 103 Å². The molecule has 0 spiro atoms. The summed E-state index contributed by atoms with van der Waals surface area (Å²) in [6.07, 6.45) is 0.864. The molecule has 2 unspecified atom stereocenters. The van der Waals surface area contributed by atoms with Crippen LogP contribution in [0.15, 0.2) is 30.3 Å². The number of methoxy groups -OCH3 is 2. The summed E-state index contributed by atoms with van der Waals surface area (Å²) >= 11 is 0. The molecule has 0 bridgehead atoms. The molecule has 0 saturated carbocycles. The molecule has 1 heterocycles. The van der Waals surface area contributed by atoms with Crippen LogP contribution in [0.5, 0.6) is 0 Å².